The SMILES string of the molecule is CCN1C[C@]2(CCCN(Cc3c(OC)ccc(F)c3F)C2)CCC1=O. The number of carbonyl (C=O) groups excluding carboxylic acids is 1. The molecule has 2 heterocycles. The standard InChI is InChI=1S/C19H26F2N2O2/c1-3-23-13-19(9-7-17(23)24)8-4-10-22(12-19)11-14-16(25-2)6-5-15(20)18(14)21/h5-6H,3-4,7-13H2,1-2H3/t19-/m1/s1. The molecule has 0 N–H and O–H groups in total. The third kappa shape index (κ3) is 3.64. The summed E-state index contributed by atoms with van der Waals surface area (Å²) < 4.78 is 33.1. The summed E-state index contributed by atoms with van der Waals surface area (Å²) in [6, 6.07) is 2.58. The fourth-order valence-electron chi connectivity index (χ4n) is 4.31. The molecule has 0 aliphatic carbocycles. The molecule has 0 radical (unpaired) electrons. The van der Waals surface area contributed by atoms with Gasteiger partial charge in [0.05, 0.1) is 7.11 Å². The Kier molecular flexibility index (Phi) is 5.27. The second kappa shape index (κ2) is 7.28. The second-order valence-corrected chi connectivity index (χ2v) is 7.26. The minimum absolute atomic E-state index is 0.0687. The van der Waals surface area contributed by atoms with Crippen molar-refractivity contribution in [2.75, 3.05) is 33.3 Å². The molecule has 2 aliphatic heterocycles. The molecule has 1 atom stereocenters. The summed E-state index contributed by atoms with van der Waals surface area (Å²) in [4.78, 5) is 16.1. The van der Waals surface area contributed by atoms with Crippen molar-refractivity contribution >= 4 is 5.91 Å². The summed E-state index contributed by atoms with van der Waals surface area (Å²) in [5.74, 6) is -1.06. The molecule has 6 heteroatoms. The Bertz CT molecular complexity index is 653. The number of benzene rings is 1. The van der Waals surface area contributed by atoms with E-state index in [1.54, 1.807) is 0 Å². The van der Waals surface area contributed by atoms with Crippen LogP contribution in [0.5, 0.6) is 5.75 Å². The Hall–Kier alpha value is -1.69. The van der Waals surface area contributed by atoms with Gasteiger partial charge in [0.25, 0.3) is 0 Å². The highest BCUT2D eigenvalue weighted by Gasteiger charge is 2.41. The van der Waals surface area contributed by atoms with Crippen LogP contribution in [-0.2, 0) is 11.3 Å². The van der Waals surface area contributed by atoms with E-state index in [-0.39, 0.29) is 16.9 Å². The molecule has 3 rings (SSSR count). The lowest BCUT2D eigenvalue weighted by Crippen LogP contribution is -2.53. The van der Waals surface area contributed by atoms with Crippen LogP contribution in [0.3, 0.4) is 0 Å². The number of amides is 1. The van der Waals surface area contributed by atoms with Crippen molar-refractivity contribution in [1.82, 2.24) is 9.80 Å². The minimum Gasteiger partial charge on any atom is -0.496 e. The topological polar surface area (TPSA) is 32.8 Å². The summed E-state index contributed by atoms with van der Waals surface area (Å²) in [7, 11) is 1.47. The fourth-order valence-corrected chi connectivity index (χ4v) is 4.31. The summed E-state index contributed by atoms with van der Waals surface area (Å²) in [5, 5.41) is 0. The van der Waals surface area contributed by atoms with Gasteiger partial charge in [-0.15, -0.1) is 0 Å². The normalized spacial score (nSPS) is 24.8. The van der Waals surface area contributed by atoms with Gasteiger partial charge in [0.15, 0.2) is 11.6 Å². The molecule has 2 saturated heterocycles. The number of halogens is 2. The first kappa shape index (κ1) is 18.1. The molecule has 1 spiro atoms. The summed E-state index contributed by atoms with van der Waals surface area (Å²) in [5.41, 5.74) is 0.345. The van der Waals surface area contributed by atoms with Gasteiger partial charge >= 0.3 is 0 Å². The van der Waals surface area contributed by atoms with Crippen molar-refractivity contribution in [3.05, 3.63) is 29.3 Å². The maximum atomic E-state index is 14.3. The summed E-state index contributed by atoms with van der Waals surface area (Å²) >= 11 is 0. The fraction of sp³-hybridized carbons (Fsp3) is 0.632. The van der Waals surface area contributed by atoms with Gasteiger partial charge in [0.2, 0.25) is 5.91 Å². The van der Waals surface area contributed by atoms with Crippen LogP contribution in [0.4, 0.5) is 8.78 Å². The van der Waals surface area contributed by atoms with E-state index in [1.165, 1.54) is 13.2 Å². The molecular weight excluding hydrogens is 326 g/mol. The van der Waals surface area contributed by atoms with Gasteiger partial charge in [-0.25, -0.2) is 8.78 Å². The van der Waals surface area contributed by atoms with Gasteiger partial charge in [-0.05, 0) is 44.9 Å². The van der Waals surface area contributed by atoms with Gasteiger partial charge in [0.1, 0.15) is 5.75 Å². The number of methoxy groups -OCH3 is 1. The zero-order valence-corrected chi connectivity index (χ0v) is 15.0. The van der Waals surface area contributed by atoms with Crippen LogP contribution in [0, 0.1) is 17.0 Å². The van der Waals surface area contributed by atoms with E-state index in [9.17, 15) is 13.6 Å². The third-order valence-corrected chi connectivity index (χ3v) is 5.63. The highest BCUT2D eigenvalue weighted by molar-refractivity contribution is 5.77. The number of hydrogen-bond donors (Lipinski definition) is 0. The Morgan fingerprint density at radius 3 is 2.76 bits per heavy atom. The first-order valence-electron chi connectivity index (χ1n) is 8.99. The van der Waals surface area contributed by atoms with E-state index in [0.717, 1.165) is 51.5 Å². The molecule has 25 heavy (non-hydrogen) atoms. The van der Waals surface area contributed by atoms with Gasteiger partial charge < -0.3 is 9.64 Å². The van der Waals surface area contributed by atoms with Gasteiger partial charge in [-0.3, -0.25) is 9.69 Å². The largest absolute Gasteiger partial charge is 0.496 e. The average molecular weight is 352 g/mol. The number of hydrogen-bond acceptors (Lipinski definition) is 3. The van der Waals surface area contributed by atoms with Crippen molar-refractivity contribution in [2.45, 2.75) is 39.2 Å². The number of rotatable bonds is 4. The van der Waals surface area contributed by atoms with E-state index >= 15 is 0 Å². The van der Waals surface area contributed by atoms with E-state index in [0.29, 0.717) is 18.7 Å². The van der Waals surface area contributed by atoms with E-state index < -0.39 is 11.6 Å². The number of nitrogens with zero attached hydrogens (tertiary/aromatic N) is 2. The van der Waals surface area contributed by atoms with Crippen LogP contribution in [0.1, 0.15) is 38.2 Å². The molecule has 4 nitrogen and oxygen atoms in total. The quantitative estimate of drug-likeness (QED) is 0.834. The highest BCUT2D eigenvalue weighted by atomic mass is 19.2. The van der Waals surface area contributed by atoms with Crippen LogP contribution in [0.15, 0.2) is 12.1 Å². The molecular formula is C19H26F2N2O2. The lowest BCUT2D eigenvalue weighted by Gasteiger charge is -2.48. The molecule has 0 aromatic heterocycles. The smallest absolute Gasteiger partial charge is 0.222 e. The zero-order valence-electron chi connectivity index (χ0n) is 15.0. The molecule has 138 valence electrons. The van der Waals surface area contributed by atoms with Crippen LogP contribution >= 0.6 is 0 Å². The molecule has 0 bridgehead atoms. The minimum atomic E-state index is -0.844. The molecule has 2 fully saturated rings. The van der Waals surface area contributed by atoms with Gasteiger partial charge in [-0.2, -0.15) is 0 Å². The van der Waals surface area contributed by atoms with Crippen molar-refractivity contribution < 1.29 is 18.3 Å². The monoisotopic (exact) mass is 352 g/mol. The Morgan fingerprint density at radius 2 is 2.04 bits per heavy atom. The molecule has 1 aromatic carbocycles. The van der Waals surface area contributed by atoms with Crippen LogP contribution in [0.25, 0.3) is 0 Å². The van der Waals surface area contributed by atoms with Gasteiger partial charge in [0, 0.05) is 43.6 Å². The maximum absolute atomic E-state index is 14.3. The Labute approximate surface area is 147 Å². The van der Waals surface area contributed by atoms with Gasteiger partial charge in [-0.1, -0.05) is 0 Å². The lowest BCUT2D eigenvalue weighted by atomic mass is 9.73. The predicted octanol–water partition coefficient (Wildman–Crippen LogP) is 3.20. The van der Waals surface area contributed by atoms with E-state index in [2.05, 4.69) is 4.90 Å². The van der Waals surface area contributed by atoms with Crippen LogP contribution in [-0.4, -0.2) is 49.0 Å². The Morgan fingerprint density at radius 1 is 1.24 bits per heavy atom. The molecule has 1 amide bonds. The van der Waals surface area contributed by atoms with Crippen molar-refractivity contribution in [3.63, 3.8) is 0 Å². The molecule has 1 aromatic rings. The highest BCUT2D eigenvalue weighted by Crippen LogP contribution is 2.39. The predicted molar refractivity (Wildman–Crippen MR) is 91.3 cm³/mol. The van der Waals surface area contributed by atoms with Crippen molar-refractivity contribution in [2.24, 2.45) is 5.41 Å². The first-order valence-corrected chi connectivity index (χ1v) is 8.99. The molecule has 2 aliphatic rings. The number of piperidine rings is 2. The Balaban J connectivity index is 1.77. The molecule has 0 unspecified atom stereocenters. The third-order valence-electron chi connectivity index (χ3n) is 5.63. The van der Waals surface area contributed by atoms with Crippen LogP contribution < -0.4 is 4.74 Å². The maximum Gasteiger partial charge on any atom is 0.222 e. The number of ether oxygens (including phenoxy) is 1. The van der Waals surface area contributed by atoms with E-state index in [1.807, 2.05) is 11.8 Å². The average Bonchev–Trinajstić information content (AvgIpc) is 2.62. The van der Waals surface area contributed by atoms with Crippen LogP contribution in [0.2, 0.25) is 0 Å². The number of likely N-dealkylation sites (tertiary alicyclic amines) is 2. The molecule has 0 saturated carbocycles. The zero-order chi connectivity index (χ0) is 18.0. The second-order valence-electron chi connectivity index (χ2n) is 7.26. The number of carbonyl (C=O) groups is 1. The van der Waals surface area contributed by atoms with E-state index in [4.69, 9.17) is 4.74 Å². The summed E-state index contributed by atoms with van der Waals surface area (Å²) in [6.45, 7) is 5.48. The first-order chi connectivity index (χ1) is 12.0. The van der Waals surface area contributed by atoms with Crippen molar-refractivity contribution in [3.8, 4) is 5.75 Å². The lowest BCUT2D eigenvalue weighted by molar-refractivity contribution is -0.139. The van der Waals surface area contributed by atoms with Crippen molar-refractivity contribution in [1.29, 1.82) is 0 Å². The summed E-state index contributed by atoms with van der Waals surface area (Å²) in [6.07, 6.45) is 3.54.